The quantitative estimate of drug-likeness (QED) is 0.135. The predicted octanol–water partition coefficient (Wildman–Crippen LogP) is -2.78. The van der Waals surface area contributed by atoms with E-state index in [0.29, 0.717) is 0 Å². The summed E-state index contributed by atoms with van der Waals surface area (Å²) >= 11 is 0. The summed E-state index contributed by atoms with van der Waals surface area (Å²) in [7, 11) is 1.02. The van der Waals surface area contributed by atoms with Crippen LogP contribution in [-0.2, 0) is 24.0 Å². The van der Waals surface area contributed by atoms with Gasteiger partial charge < -0.3 is 10.6 Å². The van der Waals surface area contributed by atoms with Crippen molar-refractivity contribution in [1.29, 1.82) is 0 Å². The lowest BCUT2D eigenvalue weighted by Gasteiger charge is -2.17. The van der Waals surface area contributed by atoms with E-state index in [2.05, 4.69) is 0 Å². The Bertz CT molecular complexity index is 509. The fraction of sp³-hybridized carbons (Fsp3) is 0.545. The first kappa shape index (κ1) is 21.2. The smallest absolute Gasteiger partial charge is 0.257 e. The van der Waals surface area contributed by atoms with Crippen molar-refractivity contribution >= 4 is 29.5 Å². The predicted molar refractivity (Wildman–Crippen MR) is 72.7 cm³/mol. The highest BCUT2D eigenvalue weighted by molar-refractivity contribution is 5.97. The summed E-state index contributed by atoms with van der Waals surface area (Å²) in [4.78, 5) is 55.8. The van der Waals surface area contributed by atoms with Crippen LogP contribution in [0.4, 0.5) is 0 Å². The van der Waals surface area contributed by atoms with E-state index in [4.69, 9.17) is 10.4 Å². The Morgan fingerprint density at radius 3 is 1.62 bits per heavy atom. The van der Waals surface area contributed by atoms with Gasteiger partial charge in [-0.15, -0.1) is 0 Å². The van der Waals surface area contributed by atoms with E-state index in [1.807, 2.05) is 10.6 Å². The molecule has 0 saturated carbocycles. The van der Waals surface area contributed by atoms with Crippen LogP contribution < -0.4 is 10.6 Å². The van der Waals surface area contributed by atoms with Gasteiger partial charge in [0.25, 0.3) is 11.8 Å². The van der Waals surface area contributed by atoms with Crippen LogP contribution in [0.2, 0.25) is 0 Å². The highest BCUT2D eigenvalue weighted by Gasteiger charge is 2.18. The van der Waals surface area contributed by atoms with Crippen molar-refractivity contribution in [3.63, 3.8) is 0 Å². The normalized spacial score (nSPS) is 9.71. The molecule has 13 heteroatoms. The van der Waals surface area contributed by atoms with E-state index < -0.39 is 55.7 Å². The number of amides is 5. The Morgan fingerprint density at radius 1 is 0.792 bits per heavy atom. The van der Waals surface area contributed by atoms with Crippen molar-refractivity contribution in [2.24, 2.45) is 0 Å². The summed E-state index contributed by atoms with van der Waals surface area (Å²) in [6.07, 6.45) is -1.51. The van der Waals surface area contributed by atoms with Crippen molar-refractivity contribution in [3.05, 3.63) is 0 Å². The molecule has 5 amide bonds. The second-order valence-electron chi connectivity index (χ2n) is 4.50. The van der Waals surface area contributed by atoms with Crippen molar-refractivity contribution in [1.82, 2.24) is 25.8 Å². The molecule has 0 bridgehead atoms. The molecule has 0 unspecified atom stereocenters. The number of hydroxylamine groups is 6. The van der Waals surface area contributed by atoms with E-state index in [9.17, 15) is 29.2 Å². The number of hydrogen-bond donors (Lipinski definition) is 5. The molecule has 0 aromatic carbocycles. The number of rotatable bonds is 8. The van der Waals surface area contributed by atoms with Gasteiger partial charge in [0, 0.05) is 14.0 Å². The van der Waals surface area contributed by atoms with Crippen LogP contribution in [0.25, 0.3) is 0 Å². The zero-order valence-corrected chi connectivity index (χ0v) is 13.1. The molecule has 0 aromatic heterocycles. The fourth-order valence-electron chi connectivity index (χ4n) is 1.13. The fourth-order valence-corrected chi connectivity index (χ4v) is 1.13. The summed E-state index contributed by atoms with van der Waals surface area (Å²) in [6.45, 7) is -0.178. The minimum atomic E-state index is -1.08. The third kappa shape index (κ3) is 8.62. The Morgan fingerprint density at radius 2 is 1.21 bits per heavy atom. The maximum absolute atomic E-state index is 11.5. The number of nitrogens with zero attached hydrogens (tertiary/aromatic N) is 3. The van der Waals surface area contributed by atoms with Crippen LogP contribution in [0.3, 0.4) is 0 Å². The Balaban J connectivity index is 4.14. The third-order valence-corrected chi connectivity index (χ3v) is 2.49. The van der Waals surface area contributed by atoms with Crippen molar-refractivity contribution < 1.29 is 39.6 Å². The summed E-state index contributed by atoms with van der Waals surface area (Å²) < 4.78 is 0. The number of nitrogens with one attached hydrogen (secondary N) is 2. The molecule has 0 heterocycles. The molecule has 0 fully saturated rings. The topological polar surface area (TPSA) is 180 Å². The summed E-state index contributed by atoms with van der Waals surface area (Å²) in [5.41, 5.74) is 0. The second-order valence-corrected chi connectivity index (χ2v) is 4.50. The molecule has 136 valence electrons. The lowest BCUT2D eigenvalue weighted by Crippen LogP contribution is -2.43. The van der Waals surface area contributed by atoms with Crippen molar-refractivity contribution in [3.8, 4) is 0 Å². The third-order valence-electron chi connectivity index (χ3n) is 2.49. The van der Waals surface area contributed by atoms with Gasteiger partial charge in [-0.25, -0.2) is 15.2 Å². The first-order valence-electron chi connectivity index (χ1n) is 6.49. The molecule has 13 nitrogen and oxygen atoms in total. The molecule has 0 rings (SSSR count). The lowest BCUT2D eigenvalue weighted by atomic mass is 10.3. The molecule has 24 heavy (non-hydrogen) atoms. The van der Waals surface area contributed by atoms with Crippen molar-refractivity contribution in [2.45, 2.75) is 19.8 Å². The van der Waals surface area contributed by atoms with Crippen LogP contribution in [0, 0.1) is 0 Å². The highest BCUT2D eigenvalue weighted by Crippen LogP contribution is 1.92. The zero-order chi connectivity index (χ0) is 18.9. The van der Waals surface area contributed by atoms with Gasteiger partial charge in [0.05, 0.1) is 0 Å². The van der Waals surface area contributed by atoms with Crippen LogP contribution >= 0.6 is 0 Å². The Labute approximate surface area is 136 Å². The van der Waals surface area contributed by atoms with Gasteiger partial charge in [-0.1, -0.05) is 0 Å². The van der Waals surface area contributed by atoms with Gasteiger partial charge in [0.2, 0.25) is 17.7 Å². The molecule has 5 N–H and O–H groups in total. The van der Waals surface area contributed by atoms with Gasteiger partial charge in [0.1, 0.15) is 26.2 Å². The van der Waals surface area contributed by atoms with Crippen LogP contribution in [-0.4, -0.2) is 80.7 Å². The number of carbonyl (C=O) groups is 5. The van der Waals surface area contributed by atoms with E-state index >= 15 is 0 Å². The molecule has 0 aliphatic rings. The summed E-state index contributed by atoms with van der Waals surface area (Å²) in [5.74, 6) is -4.46. The lowest BCUT2D eigenvalue weighted by molar-refractivity contribution is -0.170. The maximum atomic E-state index is 11.5. The molecular weight excluding hydrogens is 330 g/mol. The van der Waals surface area contributed by atoms with Crippen molar-refractivity contribution in [2.75, 3.05) is 20.4 Å². The van der Waals surface area contributed by atoms with Crippen LogP contribution in [0.5, 0.6) is 0 Å². The largest absolute Gasteiger partial charge is 0.336 e. The summed E-state index contributed by atoms with van der Waals surface area (Å²) in [6, 6.07) is 0. The molecular formula is C11H19N5O8. The standard InChI is InChI=1S/C11H19N5O8/c1-7(17)15(23)5-12-9(19)4-11(21)16(24)6-13-8(18)3-10(20)14(2)22/h22-24H,3-6H2,1-2H3,(H,12,19)(H,13,18). The summed E-state index contributed by atoms with van der Waals surface area (Å²) in [5, 5.41) is 31.6. The minimum Gasteiger partial charge on any atom is -0.336 e. The van der Waals surface area contributed by atoms with E-state index in [1.54, 1.807) is 0 Å². The van der Waals surface area contributed by atoms with Gasteiger partial charge >= 0.3 is 0 Å². The SMILES string of the molecule is CC(=O)N(O)CNC(=O)CC(=O)N(O)CNC(=O)CC(=O)N(C)O. The number of hydrogen-bond acceptors (Lipinski definition) is 8. The molecule has 0 aliphatic heterocycles. The first-order valence-corrected chi connectivity index (χ1v) is 6.49. The van der Waals surface area contributed by atoms with E-state index in [1.165, 1.54) is 0 Å². The van der Waals surface area contributed by atoms with Gasteiger partial charge in [-0.3, -0.25) is 39.6 Å². The molecule has 0 radical (unpaired) electrons. The highest BCUT2D eigenvalue weighted by atomic mass is 16.5. The molecule has 0 aliphatic carbocycles. The zero-order valence-electron chi connectivity index (χ0n) is 13.1. The second kappa shape index (κ2) is 10.1. The average Bonchev–Trinajstić information content (AvgIpc) is 2.49. The monoisotopic (exact) mass is 349 g/mol. The molecule has 0 spiro atoms. The van der Waals surface area contributed by atoms with Crippen LogP contribution in [0.15, 0.2) is 0 Å². The Kier molecular flexibility index (Phi) is 8.92. The minimum absolute atomic E-state index is 0.0340. The van der Waals surface area contributed by atoms with Crippen LogP contribution in [0.1, 0.15) is 19.8 Å². The van der Waals surface area contributed by atoms with Gasteiger partial charge in [0.15, 0.2) is 0 Å². The van der Waals surface area contributed by atoms with Gasteiger partial charge in [-0.05, 0) is 0 Å². The maximum Gasteiger partial charge on any atom is 0.257 e. The first-order chi connectivity index (χ1) is 11.0. The molecule has 0 saturated heterocycles. The molecule has 0 aromatic rings. The van der Waals surface area contributed by atoms with Gasteiger partial charge in [-0.2, -0.15) is 0 Å². The number of carbonyl (C=O) groups excluding carboxylic acids is 5. The molecule has 0 atom stereocenters. The van der Waals surface area contributed by atoms with E-state index in [0.717, 1.165) is 14.0 Å². The average molecular weight is 349 g/mol. The van der Waals surface area contributed by atoms with E-state index in [-0.39, 0.29) is 15.2 Å². The Hall–Kier alpha value is -2.77.